The van der Waals surface area contributed by atoms with Gasteiger partial charge in [-0.25, -0.2) is 0 Å². The van der Waals surface area contributed by atoms with Crippen molar-refractivity contribution in [1.82, 2.24) is 5.32 Å². The number of benzene rings is 1. The van der Waals surface area contributed by atoms with Gasteiger partial charge in [0.05, 0.1) is 0 Å². The summed E-state index contributed by atoms with van der Waals surface area (Å²) in [6.45, 7) is 9.24. The Hall–Kier alpha value is -1.51. The van der Waals surface area contributed by atoms with E-state index in [1.54, 1.807) is 0 Å². The summed E-state index contributed by atoms with van der Waals surface area (Å²) in [5, 5.41) is 2.98. The molecule has 3 nitrogen and oxygen atoms in total. The molecule has 118 valence electrons. The second kappa shape index (κ2) is 9.43. The van der Waals surface area contributed by atoms with Gasteiger partial charge in [0.2, 0.25) is 0 Å². The standard InChI is InChI=1S/C18H29NO2/c1-5-7-8-16(6-2)12-19-18(20)13-21-17-11-14(3)9-10-15(17)4/h9-11,16H,5-8,12-13H2,1-4H3,(H,19,20). The van der Waals surface area contributed by atoms with Gasteiger partial charge >= 0.3 is 0 Å². The topological polar surface area (TPSA) is 38.3 Å². The first-order valence-electron chi connectivity index (χ1n) is 8.03. The van der Waals surface area contributed by atoms with E-state index in [0.717, 1.165) is 29.8 Å². The fourth-order valence-electron chi connectivity index (χ4n) is 2.26. The van der Waals surface area contributed by atoms with Crippen LogP contribution in [0, 0.1) is 19.8 Å². The van der Waals surface area contributed by atoms with Crippen molar-refractivity contribution in [1.29, 1.82) is 0 Å². The van der Waals surface area contributed by atoms with E-state index in [4.69, 9.17) is 4.74 Å². The molecule has 1 N–H and O–H groups in total. The van der Waals surface area contributed by atoms with Gasteiger partial charge in [0.15, 0.2) is 6.61 Å². The highest BCUT2D eigenvalue weighted by Gasteiger charge is 2.09. The molecule has 1 atom stereocenters. The summed E-state index contributed by atoms with van der Waals surface area (Å²) in [5.74, 6) is 1.34. The molecular formula is C18H29NO2. The first-order chi connectivity index (χ1) is 10.1. The van der Waals surface area contributed by atoms with Gasteiger partial charge in [0.1, 0.15) is 5.75 Å². The maximum Gasteiger partial charge on any atom is 0.257 e. The number of unbranched alkanes of at least 4 members (excludes halogenated alkanes) is 1. The maximum atomic E-state index is 11.9. The SMILES string of the molecule is CCCCC(CC)CNC(=O)COc1cc(C)ccc1C. The third kappa shape index (κ3) is 6.65. The van der Waals surface area contributed by atoms with Crippen LogP contribution in [0.4, 0.5) is 0 Å². The molecule has 0 radical (unpaired) electrons. The minimum absolute atomic E-state index is 0.0362. The molecule has 1 unspecified atom stereocenters. The van der Waals surface area contributed by atoms with Gasteiger partial charge in [-0.1, -0.05) is 45.2 Å². The Morgan fingerprint density at radius 2 is 2.05 bits per heavy atom. The van der Waals surface area contributed by atoms with Crippen molar-refractivity contribution in [3.8, 4) is 5.75 Å². The Kier molecular flexibility index (Phi) is 7.88. The van der Waals surface area contributed by atoms with Crippen LogP contribution in [0.3, 0.4) is 0 Å². The Bertz CT molecular complexity index is 443. The van der Waals surface area contributed by atoms with E-state index in [1.807, 2.05) is 32.0 Å². The molecule has 0 heterocycles. The second-order valence-electron chi connectivity index (χ2n) is 5.78. The third-order valence-electron chi connectivity index (χ3n) is 3.83. The molecule has 0 aliphatic rings. The lowest BCUT2D eigenvalue weighted by atomic mass is 9.99. The highest BCUT2D eigenvalue weighted by Crippen LogP contribution is 2.18. The van der Waals surface area contributed by atoms with Gasteiger partial charge in [-0.2, -0.15) is 0 Å². The zero-order valence-corrected chi connectivity index (χ0v) is 13.9. The molecule has 0 spiro atoms. The highest BCUT2D eigenvalue weighted by molar-refractivity contribution is 5.77. The van der Waals surface area contributed by atoms with Crippen molar-refractivity contribution in [3.05, 3.63) is 29.3 Å². The van der Waals surface area contributed by atoms with Crippen molar-refractivity contribution in [2.24, 2.45) is 5.92 Å². The fraction of sp³-hybridized carbons (Fsp3) is 0.611. The molecule has 0 saturated heterocycles. The first-order valence-corrected chi connectivity index (χ1v) is 8.03. The summed E-state index contributed by atoms with van der Waals surface area (Å²) in [6, 6.07) is 6.03. The van der Waals surface area contributed by atoms with E-state index in [-0.39, 0.29) is 12.5 Å². The second-order valence-corrected chi connectivity index (χ2v) is 5.78. The maximum absolute atomic E-state index is 11.9. The van der Waals surface area contributed by atoms with Gasteiger partial charge < -0.3 is 10.1 Å². The average Bonchev–Trinajstić information content (AvgIpc) is 2.48. The van der Waals surface area contributed by atoms with E-state index in [2.05, 4.69) is 19.2 Å². The van der Waals surface area contributed by atoms with Crippen molar-refractivity contribution in [2.75, 3.05) is 13.2 Å². The van der Waals surface area contributed by atoms with Crippen LogP contribution >= 0.6 is 0 Å². The van der Waals surface area contributed by atoms with Gasteiger partial charge in [-0.3, -0.25) is 4.79 Å². The molecule has 1 aromatic carbocycles. The number of nitrogens with one attached hydrogen (secondary N) is 1. The quantitative estimate of drug-likeness (QED) is 0.746. The number of carbonyl (C=O) groups excluding carboxylic acids is 1. The molecule has 0 bridgehead atoms. The molecule has 0 aromatic heterocycles. The normalized spacial score (nSPS) is 12.0. The first kappa shape index (κ1) is 17.5. The highest BCUT2D eigenvalue weighted by atomic mass is 16.5. The largest absolute Gasteiger partial charge is 0.483 e. The number of amides is 1. The van der Waals surface area contributed by atoms with Crippen LogP contribution in [-0.4, -0.2) is 19.1 Å². The van der Waals surface area contributed by atoms with E-state index in [9.17, 15) is 4.79 Å². The minimum atomic E-state index is -0.0362. The molecule has 21 heavy (non-hydrogen) atoms. The molecule has 0 aliphatic carbocycles. The van der Waals surface area contributed by atoms with E-state index in [0.29, 0.717) is 5.92 Å². The number of carbonyl (C=O) groups is 1. The molecule has 0 aliphatic heterocycles. The number of aryl methyl sites for hydroxylation is 2. The van der Waals surface area contributed by atoms with Gasteiger partial charge in [-0.15, -0.1) is 0 Å². The lowest BCUT2D eigenvalue weighted by Gasteiger charge is -2.16. The molecular weight excluding hydrogens is 262 g/mol. The molecule has 3 heteroatoms. The Morgan fingerprint density at radius 1 is 1.29 bits per heavy atom. The Labute approximate surface area is 129 Å². The van der Waals surface area contributed by atoms with Gasteiger partial charge in [0.25, 0.3) is 5.91 Å². The molecule has 1 rings (SSSR count). The van der Waals surface area contributed by atoms with Crippen LogP contribution in [-0.2, 0) is 4.79 Å². The van der Waals surface area contributed by atoms with Crippen molar-refractivity contribution in [3.63, 3.8) is 0 Å². The Balaban J connectivity index is 2.35. The number of hydrogen-bond acceptors (Lipinski definition) is 2. The molecule has 0 fully saturated rings. The summed E-state index contributed by atoms with van der Waals surface area (Å²) in [4.78, 5) is 11.9. The number of rotatable bonds is 9. The molecule has 0 saturated carbocycles. The van der Waals surface area contributed by atoms with Crippen LogP contribution in [0.2, 0.25) is 0 Å². The smallest absolute Gasteiger partial charge is 0.257 e. The summed E-state index contributed by atoms with van der Waals surface area (Å²) < 4.78 is 5.61. The summed E-state index contributed by atoms with van der Waals surface area (Å²) in [6.07, 6.45) is 4.73. The van der Waals surface area contributed by atoms with E-state index >= 15 is 0 Å². The lowest BCUT2D eigenvalue weighted by Crippen LogP contribution is -2.33. The fourth-order valence-corrected chi connectivity index (χ4v) is 2.26. The molecule has 1 aromatic rings. The van der Waals surface area contributed by atoms with Crippen LogP contribution in [0.15, 0.2) is 18.2 Å². The number of ether oxygens (including phenoxy) is 1. The average molecular weight is 291 g/mol. The van der Waals surface area contributed by atoms with Crippen molar-refractivity contribution < 1.29 is 9.53 Å². The Morgan fingerprint density at radius 3 is 2.71 bits per heavy atom. The lowest BCUT2D eigenvalue weighted by molar-refractivity contribution is -0.123. The summed E-state index contributed by atoms with van der Waals surface area (Å²) in [7, 11) is 0. The third-order valence-corrected chi connectivity index (χ3v) is 3.83. The van der Waals surface area contributed by atoms with Crippen molar-refractivity contribution in [2.45, 2.75) is 53.4 Å². The van der Waals surface area contributed by atoms with E-state index in [1.165, 1.54) is 19.3 Å². The predicted octanol–water partition coefficient (Wildman–Crippen LogP) is 4.01. The molecule has 1 amide bonds. The summed E-state index contributed by atoms with van der Waals surface area (Å²) in [5.41, 5.74) is 2.20. The van der Waals surface area contributed by atoms with Gasteiger partial charge in [-0.05, 0) is 43.4 Å². The minimum Gasteiger partial charge on any atom is -0.483 e. The monoisotopic (exact) mass is 291 g/mol. The van der Waals surface area contributed by atoms with E-state index < -0.39 is 0 Å². The zero-order valence-electron chi connectivity index (χ0n) is 13.9. The van der Waals surface area contributed by atoms with Gasteiger partial charge in [0, 0.05) is 6.54 Å². The van der Waals surface area contributed by atoms with Crippen LogP contribution < -0.4 is 10.1 Å². The zero-order chi connectivity index (χ0) is 15.7. The number of hydrogen-bond donors (Lipinski definition) is 1. The van der Waals surface area contributed by atoms with Crippen LogP contribution in [0.1, 0.15) is 50.7 Å². The van der Waals surface area contributed by atoms with Crippen LogP contribution in [0.5, 0.6) is 5.75 Å². The summed E-state index contributed by atoms with van der Waals surface area (Å²) >= 11 is 0. The predicted molar refractivity (Wildman–Crippen MR) is 87.7 cm³/mol. The van der Waals surface area contributed by atoms with Crippen molar-refractivity contribution >= 4 is 5.91 Å². The van der Waals surface area contributed by atoms with Crippen LogP contribution in [0.25, 0.3) is 0 Å².